The Bertz CT molecular complexity index is 551. The van der Waals surface area contributed by atoms with Gasteiger partial charge < -0.3 is 9.73 Å². The van der Waals surface area contributed by atoms with E-state index in [0.29, 0.717) is 5.02 Å². The lowest BCUT2D eigenvalue weighted by Crippen LogP contribution is -2.21. The van der Waals surface area contributed by atoms with Crippen LogP contribution in [0.3, 0.4) is 0 Å². The summed E-state index contributed by atoms with van der Waals surface area (Å²) in [5.41, 5.74) is 1.10. The Morgan fingerprint density at radius 3 is 2.63 bits per heavy atom. The van der Waals surface area contributed by atoms with Gasteiger partial charge >= 0.3 is 0 Å². The summed E-state index contributed by atoms with van der Waals surface area (Å²) in [6, 6.07) is 9.78. The summed E-state index contributed by atoms with van der Waals surface area (Å²) in [5.74, 6) is 1.89. The molecule has 0 bridgehead atoms. The average Bonchev–Trinajstić information content (AvgIpc) is 2.78. The van der Waals surface area contributed by atoms with Crippen molar-refractivity contribution in [2.24, 2.45) is 0 Å². The zero-order valence-corrected chi connectivity index (χ0v) is 12.6. The second-order valence-electron chi connectivity index (χ2n) is 4.61. The van der Waals surface area contributed by atoms with E-state index >= 15 is 0 Å². The quantitative estimate of drug-likeness (QED) is 0.858. The molecular weight excluding hydrogens is 281 g/mol. The summed E-state index contributed by atoms with van der Waals surface area (Å²) in [6.07, 6.45) is 0.861. The van der Waals surface area contributed by atoms with E-state index in [1.807, 2.05) is 31.2 Å². The van der Waals surface area contributed by atoms with E-state index in [1.54, 1.807) is 6.07 Å². The minimum Gasteiger partial charge on any atom is -0.465 e. The number of halogens is 2. The van der Waals surface area contributed by atoms with Gasteiger partial charge in [-0.2, -0.15) is 0 Å². The Morgan fingerprint density at radius 1 is 1.21 bits per heavy atom. The van der Waals surface area contributed by atoms with Gasteiger partial charge in [0.05, 0.1) is 6.04 Å². The van der Waals surface area contributed by atoms with Crippen LogP contribution in [0.15, 0.2) is 34.7 Å². The Morgan fingerprint density at radius 2 is 2.00 bits per heavy atom. The molecule has 19 heavy (non-hydrogen) atoms. The van der Waals surface area contributed by atoms with Crippen LogP contribution in [0, 0.1) is 6.92 Å². The van der Waals surface area contributed by atoms with Crippen molar-refractivity contribution in [1.29, 1.82) is 0 Å². The Hall–Kier alpha value is -0.960. The van der Waals surface area contributed by atoms with Crippen molar-refractivity contribution in [3.8, 4) is 0 Å². The van der Waals surface area contributed by atoms with E-state index in [0.717, 1.165) is 35.1 Å². The van der Waals surface area contributed by atoms with Crippen molar-refractivity contribution in [1.82, 2.24) is 5.32 Å². The average molecular weight is 298 g/mol. The highest BCUT2D eigenvalue weighted by molar-refractivity contribution is 6.35. The molecule has 0 saturated heterocycles. The van der Waals surface area contributed by atoms with Gasteiger partial charge in [-0.25, -0.2) is 0 Å². The van der Waals surface area contributed by atoms with Crippen molar-refractivity contribution in [3.05, 3.63) is 57.5 Å². The first-order valence-corrected chi connectivity index (χ1v) is 7.05. The first kappa shape index (κ1) is 14.4. The summed E-state index contributed by atoms with van der Waals surface area (Å²) in [6.45, 7) is 4.87. The monoisotopic (exact) mass is 297 g/mol. The molecule has 0 aliphatic heterocycles. The van der Waals surface area contributed by atoms with E-state index in [1.165, 1.54) is 0 Å². The number of benzene rings is 1. The number of hydrogen-bond acceptors (Lipinski definition) is 2. The molecule has 2 rings (SSSR count). The Balaban J connectivity index is 1.86. The predicted octanol–water partition coefficient (Wildman–Crippen LogP) is 4.79. The van der Waals surface area contributed by atoms with Gasteiger partial charge in [-0.15, -0.1) is 0 Å². The molecule has 1 N–H and O–H groups in total. The smallest absolute Gasteiger partial charge is 0.120 e. The van der Waals surface area contributed by atoms with Crippen LogP contribution in [-0.4, -0.2) is 6.54 Å². The number of aryl methyl sites for hydroxylation is 1. The number of hydrogen-bond donors (Lipinski definition) is 1. The van der Waals surface area contributed by atoms with Crippen molar-refractivity contribution in [3.63, 3.8) is 0 Å². The standard InChI is InChI=1S/C15H17Cl2NO/c1-10-3-6-15(19-10)11(2)18-8-7-12-4-5-13(16)9-14(12)17/h3-6,9,11,18H,7-8H2,1-2H3. The topological polar surface area (TPSA) is 25.2 Å². The SMILES string of the molecule is Cc1ccc(C(C)NCCc2ccc(Cl)cc2Cl)o1. The lowest BCUT2D eigenvalue weighted by Gasteiger charge is -2.12. The van der Waals surface area contributed by atoms with Gasteiger partial charge in [0.1, 0.15) is 11.5 Å². The zero-order chi connectivity index (χ0) is 13.8. The minimum absolute atomic E-state index is 0.194. The molecule has 102 valence electrons. The molecular formula is C15H17Cl2NO. The molecule has 0 aliphatic carbocycles. The predicted molar refractivity (Wildman–Crippen MR) is 80.0 cm³/mol. The molecule has 1 aromatic heterocycles. The van der Waals surface area contributed by atoms with Crippen LogP contribution in [0.2, 0.25) is 10.0 Å². The highest BCUT2D eigenvalue weighted by atomic mass is 35.5. The summed E-state index contributed by atoms with van der Waals surface area (Å²) >= 11 is 12.0. The van der Waals surface area contributed by atoms with Crippen LogP contribution in [0.5, 0.6) is 0 Å². The minimum atomic E-state index is 0.194. The summed E-state index contributed by atoms with van der Waals surface area (Å²) < 4.78 is 5.58. The molecule has 1 atom stereocenters. The van der Waals surface area contributed by atoms with Gasteiger partial charge in [-0.3, -0.25) is 0 Å². The molecule has 1 aromatic carbocycles. The number of nitrogens with one attached hydrogen (secondary N) is 1. The van der Waals surface area contributed by atoms with Crippen LogP contribution in [-0.2, 0) is 6.42 Å². The number of rotatable bonds is 5. The molecule has 0 saturated carbocycles. The van der Waals surface area contributed by atoms with Gasteiger partial charge in [-0.1, -0.05) is 29.3 Å². The zero-order valence-electron chi connectivity index (χ0n) is 11.0. The van der Waals surface area contributed by atoms with E-state index in [4.69, 9.17) is 27.6 Å². The Labute approximate surface area is 123 Å². The fraction of sp³-hybridized carbons (Fsp3) is 0.333. The van der Waals surface area contributed by atoms with Crippen molar-refractivity contribution in [2.45, 2.75) is 26.3 Å². The van der Waals surface area contributed by atoms with Gasteiger partial charge in [0.2, 0.25) is 0 Å². The first-order chi connectivity index (χ1) is 9.06. The van der Waals surface area contributed by atoms with Crippen molar-refractivity contribution >= 4 is 23.2 Å². The van der Waals surface area contributed by atoms with Crippen LogP contribution in [0.1, 0.15) is 30.0 Å². The second-order valence-corrected chi connectivity index (χ2v) is 5.45. The van der Waals surface area contributed by atoms with Crippen LogP contribution < -0.4 is 5.32 Å². The fourth-order valence-corrected chi connectivity index (χ4v) is 2.44. The van der Waals surface area contributed by atoms with Crippen LogP contribution in [0.4, 0.5) is 0 Å². The summed E-state index contributed by atoms with van der Waals surface area (Å²) in [5, 5.41) is 4.80. The normalized spacial score (nSPS) is 12.6. The lowest BCUT2D eigenvalue weighted by atomic mass is 10.1. The van der Waals surface area contributed by atoms with Crippen LogP contribution in [0.25, 0.3) is 0 Å². The Kier molecular flexibility index (Phi) is 4.92. The molecule has 0 amide bonds. The molecule has 2 nitrogen and oxygen atoms in total. The van der Waals surface area contributed by atoms with E-state index in [-0.39, 0.29) is 6.04 Å². The highest BCUT2D eigenvalue weighted by Gasteiger charge is 2.09. The van der Waals surface area contributed by atoms with Gasteiger partial charge in [-0.05, 0) is 56.6 Å². The first-order valence-electron chi connectivity index (χ1n) is 6.30. The number of furan rings is 1. The van der Waals surface area contributed by atoms with E-state index in [2.05, 4.69) is 12.2 Å². The van der Waals surface area contributed by atoms with Gasteiger partial charge in [0.25, 0.3) is 0 Å². The van der Waals surface area contributed by atoms with Gasteiger partial charge in [0.15, 0.2) is 0 Å². The summed E-state index contributed by atoms with van der Waals surface area (Å²) in [7, 11) is 0. The molecule has 0 radical (unpaired) electrons. The third-order valence-corrected chi connectivity index (χ3v) is 3.63. The van der Waals surface area contributed by atoms with Crippen molar-refractivity contribution < 1.29 is 4.42 Å². The maximum Gasteiger partial charge on any atom is 0.120 e. The maximum atomic E-state index is 6.13. The lowest BCUT2D eigenvalue weighted by molar-refractivity contribution is 0.418. The molecule has 0 aliphatic rings. The molecule has 2 aromatic rings. The van der Waals surface area contributed by atoms with Crippen molar-refractivity contribution in [2.75, 3.05) is 6.54 Å². The maximum absolute atomic E-state index is 6.13. The summed E-state index contributed by atoms with van der Waals surface area (Å²) in [4.78, 5) is 0. The van der Waals surface area contributed by atoms with E-state index < -0.39 is 0 Å². The third kappa shape index (κ3) is 4.00. The highest BCUT2D eigenvalue weighted by Crippen LogP contribution is 2.21. The van der Waals surface area contributed by atoms with Crippen LogP contribution >= 0.6 is 23.2 Å². The van der Waals surface area contributed by atoms with Gasteiger partial charge in [0, 0.05) is 10.0 Å². The molecule has 0 fully saturated rings. The largest absolute Gasteiger partial charge is 0.465 e. The molecule has 4 heteroatoms. The molecule has 0 spiro atoms. The molecule has 1 unspecified atom stereocenters. The fourth-order valence-electron chi connectivity index (χ4n) is 1.93. The second kappa shape index (κ2) is 6.47. The third-order valence-electron chi connectivity index (χ3n) is 3.05. The van der Waals surface area contributed by atoms with E-state index in [9.17, 15) is 0 Å². The molecule has 1 heterocycles.